The van der Waals surface area contributed by atoms with Gasteiger partial charge >= 0.3 is 6.03 Å². The van der Waals surface area contributed by atoms with Crippen LogP contribution in [0.3, 0.4) is 0 Å². The molecule has 0 unspecified atom stereocenters. The average Bonchev–Trinajstić information content (AvgIpc) is 2.48. The summed E-state index contributed by atoms with van der Waals surface area (Å²) in [6, 6.07) is 6.33. The number of anilines is 1. The number of hydrogen-bond acceptors (Lipinski definition) is 2. The molecule has 0 aliphatic heterocycles. The van der Waals surface area contributed by atoms with Crippen LogP contribution in [0.5, 0.6) is 0 Å². The molecule has 2 rings (SSSR count). The van der Waals surface area contributed by atoms with Gasteiger partial charge in [0.2, 0.25) is 0 Å². The Labute approximate surface area is 122 Å². The summed E-state index contributed by atoms with van der Waals surface area (Å²) in [4.78, 5) is 23.5. The Morgan fingerprint density at radius 2 is 1.90 bits per heavy atom. The van der Waals surface area contributed by atoms with E-state index in [-0.39, 0.29) is 12.3 Å². The number of allylic oxidation sites excluding steroid dienone is 3. The van der Waals surface area contributed by atoms with Gasteiger partial charge in [0.25, 0.3) is 0 Å². The molecule has 104 valence electrons. The number of carbonyl (C=O) groups excluding carboxylic acids is 2. The highest BCUT2D eigenvalue weighted by Gasteiger charge is 2.10. The Hall–Kier alpha value is -2.07. The van der Waals surface area contributed by atoms with Crippen LogP contribution in [0.4, 0.5) is 10.5 Å². The molecular weight excluding hydrogens is 276 g/mol. The fourth-order valence-electron chi connectivity index (χ4n) is 1.79. The minimum absolute atomic E-state index is 0.0183. The summed E-state index contributed by atoms with van der Waals surface area (Å²) in [5.41, 5.74) is 1.28. The normalized spacial score (nSPS) is 13.6. The van der Waals surface area contributed by atoms with Crippen molar-refractivity contribution in [2.45, 2.75) is 12.8 Å². The van der Waals surface area contributed by atoms with E-state index < -0.39 is 6.03 Å². The number of hydrogen-bond donors (Lipinski definition) is 2. The Bertz CT molecular complexity index is 562. The van der Waals surface area contributed by atoms with Gasteiger partial charge < -0.3 is 10.6 Å². The van der Waals surface area contributed by atoms with E-state index in [2.05, 4.69) is 10.6 Å². The van der Waals surface area contributed by atoms with Gasteiger partial charge in [0, 0.05) is 16.3 Å². The second kappa shape index (κ2) is 6.91. The van der Waals surface area contributed by atoms with E-state index >= 15 is 0 Å². The third-order valence-corrected chi connectivity index (χ3v) is 3.08. The molecule has 0 atom stereocenters. The third-order valence-electron chi connectivity index (χ3n) is 2.83. The lowest BCUT2D eigenvalue weighted by atomic mass is 10.0. The van der Waals surface area contributed by atoms with Crippen molar-refractivity contribution in [3.63, 3.8) is 0 Å². The van der Waals surface area contributed by atoms with Crippen molar-refractivity contribution in [1.82, 2.24) is 5.32 Å². The molecule has 2 N–H and O–H groups in total. The molecule has 1 aliphatic rings. The molecule has 4 nitrogen and oxygen atoms in total. The summed E-state index contributed by atoms with van der Waals surface area (Å²) < 4.78 is 0. The first-order valence-electron chi connectivity index (χ1n) is 6.35. The van der Waals surface area contributed by atoms with Gasteiger partial charge in [-0.15, -0.1) is 0 Å². The quantitative estimate of drug-likeness (QED) is 0.894. The van der Waals surface area contributed by atoms with Gasteiger partial charge in [0.05, 0.1) is 6.54 Å². The lowest BCUT2D eigenvalue weighted by molar-refractivity contribution is -0.114. The zero-order chi connectivity index (χ0) is 14.4. The van der Waals surface area contributed by atoms with E-state index in [1.807, 2.05) is 12.2 Å². The molecule has 0 fully saturated rings. The second-order valence-corrected chi connectivity index (χ2v) is 4.81. The molecule has 1 aromatic carbocycles. The van der Waals surface area contributed by atoms with Gasteiger partial charge in [-0.2, -0.15) is 0 Å². The van der Waals surface area contributed by atoms with Crippen LogP contribution in [-0.2, 0) is 4.79 Å². The standard InChI is InChI=1S/C15H15ClN2O2/c16-12-6-8-13(9-7-12)18-15(20)17-10-14(19)11-4-2-1-3-5-11/h2,4-9H,1,3,10H2,(H2,17,18,20). The average molecular weight is 291 g/mol. The van der Waals surface area contributed by atoms with Crippen molar-refractivity contribution in [1.29, 1.82) is 0 Å². The Morgan fingerprint density at radius 1 is 1.15 bits per heavy atom. The molecule has 0 heterocycles. The molecule has 0 bridgehead atoms. The Balaban J connectivity index is 1.80. The molecule has 0 aromatic heterocycles. The summed E-state index contributed by atoms with van der Waals surface area (Å²) in [5, 5.41) is 5.76. The van der Waals surface area contributed by atoms with Crippen LogP contribution in [-0.4, -0.2) is 18.4 Å². The number of benzene rings is 1. The van der Waals surface area contributed by atoms with Gasteiger partial charge in [-0.3, -0.25) is 4.79 Å². The minimum atomic E-state index is -0.416. The first-order chi connectivity index (χ1) is 9.65. The van der Waals surface area contributed by atoms with E-state index in [9.17, 15) is 9.59 Å². The number of amides is 2. The van der Waals surface area contributed by atoms with Crippen LogP contribution in [0, 0.1) is 0 Å². The molecule has 0 saturated heterocycles. The maximum Gasteiger partial charge on any atom is 0.319 e. The van der Waals surface area contributed by atoms with E-state index in [0.29, 0.717) is 16.3 Å². The highest BCUT2D eigenvalue weighted by molar-refractivity contribution is 6.30. The number of carbonyl (C=O) groups is 2. The van der Waals surface area contributed by atoms with E-state index in [4.69, 9.17) is 11.6 Å². The zero-order valence-corrected chi connectivity index (χ0v) is 11.6. The molecule has 0 spiro atoms. The number of Topliss-reactive ketones (excluding diaryl/α,β-unsaturated/α-hetero) is 1. The van der Waals surface area contributed by atoms with Crippen molar-refractivity contribution in [3.8, 4) is 0 Å². The number of nitrogens with one attached hydrogen (secondary N) is 2. The largest absolute Gasteiger partial charge is 0.330 e. The summed E-state index contributed by atoms with van der Waals surface area (Å²) >= 11 is 5.75. The van der Waals surface area contributed by atoms with Gasteiger partial charge in [0.15, 0.2) is 5.78 Å². The molecule has 0 saturated carbocycles. The Morgan fingerprint density at radius 3 is 2.55 bits per heavy atom. The molecule has 0 radical (unpaired) electrons. The van der Waals surface area contributed by atoms with Crippen LogP contribution in [0.1, 0.15) is 12.8 Å². The topological polar surface area (TPSA) is 58.2 Å². The summed E-state index contributed by atoms with van der Waals surface area (Å²) in [6.07, 6.45) is 7.47. The first kappa shape index (κ1) is 14.3. The van der Waals surface area contributed by atoms with Crippen molar-refractivity contribution >= 4 is 29.1 Å². The van der Waals surface area contributed by atoms with Crippen LogP contribution in [0.2, 0.25) is 5.02 Å². The second-order valence-electron chi connectivity index (χ2n) is 4.38. The van der Waals surface area contributed by atoms with E-state index in [1.165, 1.54) is 0 Å². The maximum absolute atomic E-state index is 11.8. The summed E-state index contributed by atoms with van der Waals surface area (Å²) in [6.45, 7) is -0.0183. The van der Waals surface area contributed by atoms with Crippen molar-refractivity contribution in [2.24, 2.45) is 0 Å². The smallest absolute Gasteiger partial charge is 0.319 e. The lowest BCUT2D eigenvalue weighted by Gasteiger charge is -2.09. The molecule has 2 amide bonds. The number of halogens is 1. The van der Waals surface area contributed by atoms with Crippen molar-refractivity contribution in [3.05, 3.63) is 53.1 Å². The SMILES string of the molecule is O=C(NCC(=O)C1=CCCC=C1)Nc1ccc(Cl)cc1. The van der Waals surface area contributed by atoms with Gasteiger partial charge in [-0.05, 0) is 37.1 Å². The van der Waals surface area contributed by atoms with Gasteiger partial charge in [-0.25, -0.2) is 4.79 Å². The van der Waals surface area contributed by atoms with Crippen molar-refractivity contribution in [2.75, 3.05) is 11.9 Å². The number of urea groups is 1. The predicted octanol–water partition coefficient (Wildman–Crippen LogP) is 3.31. The van der Waals surface area contributed by atoms with E-state index in [0.717, 1.165) is 12.8 Å². The fourth-order valence-corrected chi connectivity index (χ4v) is 1.92. The van der Waals surface area contributed by atoms with Gasteiger partial charge in [-0.1, -0.05) is 29.8 Å². The number of rotatable bonds is 4. The molecule has 5 heteroatoms. The molecular formula is C15H15ClN2O2. The number of ketones is 1. The fraction of sp³-hybridized carbons (Fsp3) is 0.200. The molecule has 20 heavy (non-hydrogen) atoms. The summed E-state index contributed by atoms with van der Waals surface area (Å²) in [5.74, 6) is -0.0905. The lowest BCUT2D eigenvalue weighted by Crippen LogP contribution is -2.33. The monoisotopic (exact) mass is 290 g/mol. The Kier molecular flexibility index (Phi) is 4.96. The maximum atomic E-state index is 11.8. The first-order valence-corrected chi connectivity index (χ1v) is 6.73. The third kappa shape index (κ3) is 4.24. The van der Waals surface area contributed by atoms with Gasteiger partial charge in [0.1, 0.15) is 0 Å². The predicted molar refractivity (Wildman–Crippen MR) is 79.9 cm³/mol. The zero-order valence-electron chi connectivity index (χ0n) is 10.9. The minimum Gasteiger partial charge on any atom is -0.330 e. The van der Waals surface area contributed by atoms with Crippen LogP contribution >= 0.6 is 11.6 Å². The highest BCUT2D eigenvalue weighted by Crippen LogP contribution is 2.13. The van der Waals surface area contributed by atoms with Crippen LogP contribution in [0.15, 0.2) is 48.1 Å². The molecule has 1 aliphatic carbocycles. The van der Waals surface area contributed by atoms with Crippen LogP contribution in [0.25, 0.3) is 0 Å². The summed E-state index contributed by atoms with van der Waals surface area (Å²) in [7, 11) is 0. The highest BCUT2D eigenvalue weighted by atomic mass is 35.5. The van der Waals surface area contributed by atoms with Crippen molar-refractivity contribution < 1.29 is 9.59 Å². The molecule has 1 aromatic rings. The van der Waals surface area contributed by atoms with E-state index in [1.54, 1.807) is 30.3 Å². The van der Waals surface area contributed by atoms with Crippen LogP contribution < -0.4 is 10.6 Å².